The summed E-state index contributed by atoms with van der Waals surface area (Å²) >= 11 is 0. The van der Waals surface area contributed by atoms with Crippen molar-refractivity contribution in [2.45, 2.75) is 173 Å². The van der Waals surface area contributed by atoms with Crippen molar-refractivity contribution in [1.82, 2.24) is 0 Å². The molecular weight excluding hydrogens is 800 g/mol. The molecule has 0 amide bonds. The van der Waals surface area contributed by atoms with Crippen LogP contribution in [0.1, 0.15) is 105 Å². The monoisotopic (exact) mass is 860 g/mol. The van der Waals surface area contributed by atoms with Crippen LogP contribution in [0, 0.1) is 0 Å². The Morgan fingerprint density at radius 3 is 2.16 bits per heavy atom. The molecule has 3 aliphatic heterocycles. The number of carbonyl (C=O) groups excluding carboxylic acids is 6. The van der Waals surface area contributed by atoms with E-state index in [2.05, 4.69) is 0 Å². The molecule has 1 aromatic rings. The Balaban J connectivity index is 1.77. The number of allylic oxidation sites excluding steroid dienone is 1. The van der Waals surface area contributed by atoms with Gasteiger partial charge < -0.3 is 52.8 Å². The number of fused-ring (bicyclic) bond motifs is 3. The summed E-state index contributed by atoms with van der Waals surface area (Å²) in [5.41, 5.74) is 0.803. The van der Waals surface area contributed by atoms with Gasteiger partial charge in [-0.25, -0.2) is 9.59 Å². The third-order valence-corrected chi connectivity index (χ3v) is 10.5. The summed E-state index contributed by atoms with van der Waals surface area (Å²) in [6.07, 6.45) is -9.46. The molecule has 0 aromatic heterocycles. The predicted molar refractivity (Wildman–Crippen MR) is 214 cm³/mol. The molecule has 3 aliphatic rings. The van der Waals surface area contributed by atoms with Crippen LogP contribution in [0.25, 0.3) is 6.08 Å². The number of cyclic esters (lactones) is 1. The summed E-state index contributed by atoms with van der Waals surface area (Å²) in [5, 5.41) is 23.7. The third-order valence-electron chi connectivity index (χ3n) is 10.5. The number of rotatable bonds is 9. The summed E-state index contributed by atoms with van der Waals surface area (Å²) < 4.78 is 53.0. The highest BCUT2D eigenvalue weighted by Crippen LogP contribution is 2.34. The number of ether oxygens (including phenoxy) is 9. The molecule has 10 unspecified atom stereocenters. The van der Waals surface area contributed by atoms with Gasteiger partial charge in [0.2, 0.25) is 0 Å². The average molecular weight is 861 g/mol. The SMILES string of the molecule is CC=C(C)C(=O)OC1C(O)C2OC(COC(=O)CCC(=O)[C@@H](OC(C)=O)CCCCC[C@H](CCC)OC3OC(C)C(OC(C)=O)C(O)C3O2)C1OC(=O)C=Cc1ccccc1. The van der Waals surface area contributed by atoms with Gasteiger partial charge in [-0.3, -0.25) is 19.2 Å². The second-order valence-electron chi connectivity index (χ2n) is 15.3. The number of aliphatic hydroxyl groups is 2. The first-order valence-electron chi connectivity index (χ1n) is 20.9. The Bertz CT molecular complexity index is 1690. The van der Waals surface area contributed by atoms with Crippen molar-refractivity contribution in [2.24, 2.45) is 0 Å². The minimum atomic E-state index is -1.92. The topological polar surface area (TPSA) is 226 Å². The molecule has 4 rings (SSSR count). The fraction of sp³-hybridized carbons (Fsp3) is 0.636. The van der Waals surface area contributed by atoms with Crippen LogP contribution in [0.3, 0.4) is 0 Å². The zero-order valence-electron chi connectivity index (χ0n) is 35.6. The van der Waals surface area contributed by atoms with Crippen molar-refractivity contribution < 1.29 is 81.6 Å². The van der Waals surface area contributed by atoms with Gasteiger partial charge in [0.15, 0.2) is 42.8 Å². The average Bonchev–Trinajstić information content (AvgIpc) is 3.22. The van der Waals surface area contributed by atoms with Gasteiger partial charge in [0.1, 0.15) is 31.0 Å². The number of hydrogen-bond donors (Lipinski definition) is 2. The molecule has 0 radical (unpaired) electrons. The fourth-order valence-electron chi connectivity index (χ4n) is 7.20. The molecular formula is C44H60O17. The zero-order valence-corrected chi connectivity index (χ0v) is 35.6. The maximum Gasteiger partial charge on any atom is 0.333 e. The van der Waals surface area contributed by atoms with Crippen LogP contribution in [0.4, 0.5) is 0 Å². The van der Waals surface area contributed by atoms with E-state index in [1.807, 2.05) is 6.92 Å². The Morgan fingerprint density at radius 1 is 0.787 bits per heavy atom. The molecule has 61 heavy (non-hydrogen) atoms. The number of Topliss-reactive ketones (excluding diaryl/α,β-unsaturated/α-hetero) is 1. The van der Waals surface area contributed by atoms with Gasteiger partial charge in [-0.1, -0.05) is 62.6 Å². The number of esters is 5. The molecule has 17 heteroatoms. The lowest BCUT2D eigenvalue weighted by Gasteiger charge is -2.47. The maximum absolute atomic E-state index is 13.4. The lowest BCUT2D eigenvalue weighted by Crippen LogP contribution is -2.65. The van der Waals surface area contributed by atoms with Crippen molar-refractivity contribution in [3.05, 3.63) is 53.6 Å². The Hall–Kier alpha value is -4.52. The second-order valence-corrected chi connectivity index (χ2v) is 15.3. The van der Waals surface area contributed by atoms with E-state index in [0.29, 0.717) is 44.1 Å². The van der Waals surface area contributed by atoms with Crippen LogP contribution in [-0.4, -0.2) is 126 Å². The maximum atomic E-state index is 13.4. The quantitative estimate of drug-likeness (QED) is 0.203. The lowest BCUT2D eigenvalue weighted by atomic mass is 9.96. The van der Waals surface area contributed by atoms with Gasteiger partial charge in [0, 0.05) is 31.9 Å². The van der Waals surface area contributed by atoms with E-state index in [1.165, 1.54) is 32.9 Å². The minimum absolute atomic E-state index is 0.141. The van der Waals surface area contributed by atoms with E-state index in [-0.39, 0.29) is 18.4 Å². The van der Waals surface area contributed by atoms with E-state index in [4.69, 9.17) is 42.6 Å². The van der Waals surface area contributed by atoms with Gasteiger partial charge >= 0.3 is 29.8 Å². The van der Waals surface area contributed by atoms with Crippen molar-refractivity contribution in [1.29, 1.82) is 0 Å². The summed E-state index contributed by atoms with van der Waals surface area (Å²) in [4.78, 5) is 77.1. The molecule has 3 heterocycles. The van der Waals surface area contributed by atoms with E-state index in [1.54, 1.807) is 44.2 Å². The molecule has 3 fully saturated rings. The lowest BCUT2D eigenvalue weighted by molar-refractivity contribution is -0.369. The number of carbonyl (C=O) groups is 6. The van der Waals surface area contributed by atoms with Gasteiger partial charge in [0.25, 0.3) is 0 Å². The number of aliphatic hydroxyl groups excluding tert-OH is 2. The highest BCUT2D eigenvalue weighted by Gasteiger charge is 2.55. The van der Waals surface area contributed by atoms with Crippen molar-refractivity contribution in [2.75, 3.05) is 6.61 Å². The normalized spacial score (nSPS) is 32.4. The highest BCUT2D eigenvalue weighted by atomic mass is 16.8. The molecule has 12 atom stereocenters. The first-order chi connectivity index (χ1) is 29.1. The number of benzene rings is 1. The van der Waals surface area contributed by atoms with Gasteiger partial charge in [-0.15, -0.1) is 0 Å². The van der Waals surface area contributed by atoms with Crippen LogP contribution in [0.2, 0.25) is 0 Å². The van der Waals surface area contributed by atoms with Crippen molar-refractivity contribution >= 4 is 41.7 Å². The zero-order chi connectivity index (χ0) is 44.6. The molecule has 1 aromatic carbocycles. The minimum Gasteiger partial charge on any atom is -0.463 e. The van der Waals surface area contributed by atoms with E-state index < -0.39 is 122 Å². The first-order valence-corrected chi connectivity index (χ1v) is 20.9. The third kappa shape index (κ3) is 14.8. The Kier molecular flexibility index (Phi) is 19.5. The smallest absolute Gasteiger partial charge is 0.333 e. The summed E-state index contributed by atoms with van der Waals surface area (Å²) in [6.45, 7) is 8.31. The standard InChI is InChI=1S/C44H60O17/c1-7-15-30-18-13-10-14-19-32(55-27(5)45)31(47)21-23-34(48)53-24-33-39(59-35(49)22-20-29-16-11-9-12-17-29)40(60-42(52)25(3)8-2)37(51)43(58-33)61-41-36(50)38(56-28(6)46)26(4)54-44(41)57-30/h8-9,11-12,16-17,20,22,26,30,32-33,36-41,43-44,50-51H,7,10,13-15,18-19,21,23-24H2,1-6H3/t26?,30-,32-,33?,36?,37?,38?,39?,40?,41?,43?,44?/m0/s1. The van der Waals surface area contributed by atoms with Crippen LogP contribution < -0.4 is 0 Å². The Morgan fingerprint density at radius 2 is 1.49 bits per heavy atom. The van der Waals surface area contributed by atoms with Crippen molar-refractivity contribution in [3.63, 3.8) is 0 Å². The molecule has 17 nitrogen and oxygen atoms in total. The number of ketones is 1. The van der Waals surface area contributed by atoms with Gasteiger partial charge in [-0.2, -0.15) is 0 Å². The molecule has 2 bridgehead atoms. The van der Waals surface area contributed by atoms with Crippen molar-refractivity contribution in [3.8, 4) is 0 Å². The summed E-state index contributed by atoms with van der Waals surface area (Å²) in [7, 11) is 0. The first kappa shape index (κ1) is 49.1. The Labute approximate surface area is 355 Å². The molecule has 0 aliphatic carbocycles. The highest BCUT2D eigenvalue weighted by molar-refractivity contribution is 5.89. The summed E-state index contributed by atoms with van der Waals surface area (Å²) in [5.74, 6) is -4.51. The van der Waals surface area contributed by atoms with Gasteiger partial charge in [-0.05, 0) is 58.1 Å². The van der Waals surface area contributed by atoms with E-state index in [0.717, 1.165) is 6.08 Å². The predicted octanol–water partition coefficient (Wildman–Crippen LogP) is 3.97. The molecule has 3 saturated heterocycles. The molecule has 0 spiro atoms. The molecule has 0 saturated carbocycles. The largest absolute Gasteiger partial charge is 0.463 e. The van der Waals surface area contributed by atoms with Crippen LogP contribution in [0.15, 0.2) is 48.1 Å². The van der Waals surface area contributed by atoms with E-state index in [9.17, 15) is 39.0 Å². The van der Waals surface area contributed by atoms with Crippen LogP contribution in [0.5, 0.6) is 0 Å². The fourth-order valence-corrected chi connectivity index (χ4v) is 7.20. The molecule has 338 valence electrons. The van der Waals surface area contributed by atoms with Crippen LogP contribution >= 0.6 is 0 Å². The van der Waals surface area contributed by atoms with E-state index >= 15 is 0 Å². The molecule has 2 N–H and O–H groups in total. The summed E-state index contributed by atoms with van der Waals surface area (Å²) in [6, 6.07) is 8.82. The van der Waals surface area contributed by atoms with Crippen LogP contribution in [-0.2, 0) is 71.4 Å². The van der Waals surface area contributed by atoms with Gasteiger partial charge in [0.05, 0.1) is 18.6 Å². The number of hydrogen-bond acceptors (Lipinski definition) is 17. The second kappa shape index (κ2) is 24.2.